The van der Waals surface area contributed by atoms with E-state index in [1.54, 1.807) is 0 Å². The Balaban J connectivity index is 1.79. The Morgan fingerprint density at radius 1 is 1.19 bits per heavy atom. The zero-order chi connectivity index (χ0) is 23.2. The maximum atomic E-state index is 13.5. The molecule has 2 amide bonds. The molecule has 1 aromatic carbocycles. The molecular formula is C21H29F4N3O3. The lowest BCUT2D eigenvalue weighted by molar-refractivity contribution is -0.275. The smallest absolute Gasteiger partial charge is 0.403 e. The lowest BCUT2D eigenvalue weighted by atomic mass is 9.96. The van der Waals surface area contributed by atoms with Crippen LogP contribution in [-0.4, -0.2) is 54.8 Å². The minimum atomic E-state index is -5.05. The summed E-state index contributed by atoms with van der Waals surface area (Å²) < 4.78 is 54.1. The molecule has 0 aliphatic carbocycles. The Bertz CT molecular complexity index is 776. The first-order valence-electron chi connectivity index (χ1n) is 10.3. The van der Waals surface area contributed by atoms with Gasteiger partial charge in [0, 0.05) is 17.6 Å². The summed E-state index contributed by atoms with van der Waals surface area (Å²) >= 11 is 0. The molecule has 1 aliphatic rings. The number of amides is 2. The average Bonchev–Trinajstić information content (AvgIpc) is 2.67. The van der Waals surface area contributed by atoms with E-state index in [9.17, 15) is 27.2 Å². The molecule has 2 rings (SSSR count). The number of hydrogen-bond acceptors (Lipinski definition) is 4. The predicted molar refractivity (Wildman–Crippen MR) is 107 cm³/mol. The third-order valence-electron chi connectivity index (χ3n) is 5.41. The Labute approximate surface area is 179 Å². The highest BCUT2D eigenvalue weighted by molar-refractivity contribution is 5.94. The fraction of sp³-hybridized carbons (Fsp3) is 0.619. The van der Waals surface area contributed by atoms with Gasteiger partial charge in [0.05, 0.1) is 6.54 Å². The molecule has 6 nitrogen and oxygen atoms in total. The summed E-state index contributed by atoms with van der Waals surface area (Å²) in [5.74, 6) is -2.69. The van der Waals surface area contributed by atoms with Gasteiger partial charge >= 0.3 is 6.36 Å². The van der Waals surface area contributed by atoms with E-state index in [0.717, 1.165) is 37.5 Å². The Hall–Kier alpha value is -2.36. The van der Waals surface area contributed by atoms with Gasteiger partial charge in [0.1, 0.15) is 0 Å². The molecule has 1 heterocycles. The summed E-state index contributed by atoms with van der Waals surface area (Å²) in [6.07, 6.45) is -2.67. The van der Waals surface area contributed by atoms with Gasteiger partial charge in [-0.1, -0.05) is 6.92 Å². The molecule has 0 saturated carbocycles. The zero-order valence-electron chi connectivity index (χ0n) is 17.9. The number of carbonyl (C=O) groups excluding carboxylic acids is 2. The van der Waals surface area contributed by atoms with Gasteiger partial charge < -0.3 is 15.4 Å². The number of halogens is 4. The van der Waals surface area contributed by atoms with E-state index in [-0.39, 0.29) is 22.9 Å². The van der Waals surface area contributed by atoms with E-state index >= 15 is 0 Å². The van der Waals surface area contributed by atoms with E-state index in [2.05, 4.69) is 20.3 Å². The van der Waals surface area contributed by atoms with Gasteiger partial charge in [0.15, 0.2) is 11.6 Å². The second-order valence-electron chi connectivity index (χ2n) is 8.41. The first kappa shape index (κ1) is 24.9. The summed E-state index contributed by atoms with van der Waals surface area (Å²) in [5.41, 5.74) is -0.362. The molecule has 1 fully saturated rings. The van der Waals surface area contributed by atoms with Crippen molar-refractivity contribution >= 4 is 11.8 Å². The summed E-state index contributed by atoms with van der Waals surface area (Å²) in [5, 5.41) is 5.68. The number of nitrogens with zero attached hydrogens (tertiary/aromatic N) is 1. The molecule has 0 bridgehead atoms. The van der Waals surface area contributed by atoms with E-state index in [1.807, 2.05) is 20.8 Å². The van der Waals surface area contributed by atoms with Crippen molar-refractivity contribution in [2.24, 2.45) is 5.92 Å². The van der Waals surface area contributed by atoms with Crippen LogP contribution in [0.2, 0.25) is 0 Å². The van der Waals surface area contributed by atoms with E-state index in [4.69, 9.17) is 0 Å². The Morgan fingerprint density at radius 3 is 2.42 bits per heavy atom. The van der Waals surface area contributed by atoms with Crippen LogP contribution in [-0.2, 0) is 4.79 Å². The van der Waals surface area contributed by atoms with Crippen molar-refractivity contribution in [1.29, 1.82) is 0 Å². The normalized spacial score (nSPS) is 16.1. The number of piperidine rings is 1. The molecular weight excluding hydrogens is 418 g/mol. The van der Waals surface area contributed by atoms with Crippen LogP contribution >= 0.6 is 0 Å². The third-order valence-corrected chi connectivity index (χ3v) is 5.41. The lowest BCUT2D eigenvalue weighted by Crippen LogP contribution is -2.49. The van der Waals surface area contributed by atoms with Crippen molar-refractivity contribution in [3.8, 4) is 5.75 Å². The van der Waals surface area contributed by atoms with Crippen molar-refractivity contribution in [2.45, 2.75) is 51.9 Å². The van der Waals surface area contributed by atoms with Crippen LogP contribution in [0, 0.1) is 11.7 Å². The average molecular weight is 447 g/mol. The monoisotopic (exact) mass is 447 g/mol. The Morgan fingerprint density at radius 2 is 1.84 bits per heavy atom. The first-order chi connectivity index (χ1) is 14.4. The summed E-state index contributed by atoms with van der Waals surface area (Å²) in [7, 11) is 0. The molecule has 0 unspecified atom stereocenters. The molecule has 0 spiro atoms. The van der Waals surface area contributed by atoms with Crippen LogP contribution in [0.5, 0.6) is 5.75 Å². The van der Waals surface area contributed by atoms with Gasteiger partial charge in [0.25, 0.3) is 5.91 Å². The number of carbonyl (C=O) groups is 2. The largest absolute Gasteiger partial charge is 0.573 e. The number of benzene rings is 1. The number of nitrogens with one attached hydrogen (secondary N) is 2. The third kappa shape index (κ3) is 8.35. The molecule has 1 aliphatic heterocycles. The van der Waals surface area contributed by atoms with E-state index in [1.165, 1.54) is 0 Å². The SMILES string of the molecule is CCC(C)(C)NC(=O)CN1CCC(CNC(=O)c2ccc(F)c(OC(F)(F)F)c2)CC1. The standard InChI is InChI=1S/C21H29F4N3O3/c1-4-20(2,3)27-18(29)13-28-9-7-14(8-10-28)12-26-19(30)15-5-6-16(22)17(11-15)31-21(23,24)25/h5-6,11,14H,4,7-10,12-13H2,1-3H3,(H,26,30)(H,27,29). The number of rotatable bonds is 8. The van der Waals surface area contributed by atoms with Crippen molar-refractivity contribution in [3.05, 3.63) is 29.6 Å². The number of likely N-dealkylation sites (tertiary alicyclic amines) is 1. The van der Waals surface area contributed by atoms with Gasteiger partial charge in [0.2, 0.25) is 5.91 Å². The highest BCUT2D eigenvalue weighted by Gasteiger charge is 2.32. The number of ether oxygens (including phenoxy) is 1. The lowest BCUT2D eigenvalue weighted by Gasteiger charge is -2.33. The van der Waals surface area contributed by atoms with Crippen LogP contribution in [0.15, 0.2) is 18.2 Å². The molecule has 10 heteroatoms. The van der Waals surface area contributed by atoms with Gasteiger partial charge in [-0.15, -0.1) is 13.2 Å². The maximum Gasteiger partial charge on any atom is 0.573 e. The number of hydrogen-bond donors (Lipinski definition) is 2. The number of alkyl halides is 3. The summed E-state index contributed by atoms with van der Waals surface area (Å²) in [4.78, 5) is 26.5. The maximum absolute atomic E-state index is 13.5. The molecule has 1 saturated heterocycles. The van der Waals surface area contributed by atoms with Crippen molar-refractivity contribution in [1.82, 2.24) is 15.5 Å². The fourth-order valence-electron chi connectivity index (χ4n) is 3.24. The first-order valence-corrected chi connectivity index (χ1v) is 10.3. The van der Waals surface area contributed by atoms with Crippen molar-refractivity contribution in [2.75, 3.05) is 26.2 Å². The van der Waals surface area contributed by atoms with E-state index in [0.29, 0.717) is 26.2 Å². The second kappa shape index (κ2) is 10.3. The Kier molecular flexibility index (Phi) is 8.27. The van der Waals surface area contributed by atoms with Crippen LogP contribution in [0.3, 0.4) is 0 Å². The minimum absolute atomic E-state index is 0.0215. The molecule has 0 aromatic heterocycles. The fourth-order valence-corrected chi connectivity index (χ4v) is 3.24. The summed E-state index contributed by atoms with van der Waals surface area (Å²) in [6.45, 7) is 8.03. The van der Waals surface area contributed by atoms with Crippen LogP contribution in [0.4, 0.5) is 17.6 Å². The highest BCUT2D eigenvalue weighted by atomic mass is 19.4. The predicted octanol–water partition coefficient (Wildman–Crippen LogP) is 3.47. The molecule has 1 aromatic rings. The van der Waals surface area contributed by atoms with Gasteiger partial charge in [-0.2, -0.15) is 0 Å². The van der Waals surface area contributed by atoms with Crippen LogP contribution < -0.4 is 15.4 Å². The van der Waals surface area contributed by atoms with Crippen LogP contribution in [0.1, 0.15) is 50.4 Å². The summed E-state index contributed by atoms with van der Waals surface area (Å²) in [6, 6.07) is 2.60. The zero-order valence-corrected chi connectivity index (χ0v) is 17.9. The van der Waals surface area contributed by atoms with Gasteiger partial charge in [-0.3, -0.25) is 14.5 Å². The topological polar surface area (TPSA) is 70.7 Å². The van der Waals surface area contributed by atoms with Gasteiger partial charge in [-0.05, 0) is 70.3 Å². The van der Waals surface area contributed by atoms with Crippen molar-refractivity contribution in [3.63, 3.8) is 0 Å². The van der Waals surface area contributed by atoms with Gasteiger partial charge in [-0.25, -0.2) is 4.39 Å². The van der Waals surface area contributed by atoms with Crippen molar-refractivity contribution < 1.29 is 31.9 Å². The van der Waals surface area contributed by atoms with E-state index < -0.39 is 23.8 Å². The van der Waals surface area contributed by atoms with Crippen LogP contribution in [0.25, 0.3) is 0 Å². The molecule has 0 radical (unpaired) electrons. The second-order valence-corrected chi connectivity index (χ2v) is 8.41. The minimum Gasteiger partial charge on any atom is -0.403 e. The molecule has 174 valence electrons. The quantitative estimate of drug-likeness (QED) is 0.599. The highest BCUT2D eigenvalue weighted by Crippen LogP contribution is 2.26. The molecule has 2 N–H and O–H groups in total. The molecule has 0 atom stereocenters. The molecule has 31 heavy (non-hydrogen) atoms.